The fourth-order valence-corrected chi connectivity index (χ4v) is 1.87. The number of hydrogen-bond donors (Lipinski definition) is 1. The summed E-state index contributed by atoms with van der Waals surface area (Å²) in [5, 5.41) is 3.54. The Morgan fingerprint density at radius 3 is 2.27 bits per heavy atom. The van der Waals surface area contributed by atoms with Crippen LogP contribution in [-0.4, -0.2) is 12.1 Å². The molecule has 0 saturated heterocycles. The van der Waals surface area contributed by atoms with Crippen LogP contribution in [0.1, 0.15) is 46.5 Å². The molecule has 1 fully saturated rings. The lowest BCUT2D eigenvalue weighted by Gasteiger charge is -2.29. The van der Waals surface area contributed by atoms with Crippen LogP contribution in [0.2, 0.25) is 0 Å². The molecular formula is C10H21N. The SMILES string of the molecule is CC(C)NC(C)CC1CCC1. The van der Waals surface area contributed by atoms with Crippen LogP contribution in [0.25, 0.3) is 0 Å². The Labute approximate surface area is 70.6 Å². The highest BCUT2D eigenvalue weighted by molar-refractivity contribution is 4.75. The molecule has 0 bridgehead atoms. The molecule has 1 N–H and O–H groups in total. The lowest BCUT2D eigenvalue weighted by molar-refractivity contribution is 0.261. The Balaban J connectivity index is 2.04. The smallest absolute Gasteiger partial charge is 0.00437 e. The molecule has 1 atom stereocenters. The highest BCUT2D eigenvalue weighted by Gasteiger charge is 2.19. The lowest BCUT2D eigenvalue weighted by atomic mass is 9.81. The van der Waals surface area contributed by atoms with E-state index < -0.39 is 0 Å². The Bertz CT molecular complexity index is 105. The molecule has 0 heterocycles. The molecule has 1 aliphatic rings. The lowest BCUT2D eigenvalue weighted by Crippen LogP contribution is -2.34. The van der Waals surface area contributed by atoms with E-state index in [-0.39, 0.29) is 0 Å². The molecule has 1 heteroatoms. The van der Waals surface area contributed by atoms with Crippen LogP contribution in [0, 0.1) is 5.92 Å². The third kappa shape index (κ3) is 3.24. The number of rotatable bonds is 4. The summed E-state index contributed by atoms with van der Waals surface area (Å²) in [6.45, 7) is 6.74. The first-order valence-electron chi connectivity index (χ1n) is 4.94. The number of nitrogens with one attached hydrogen (secondary N) is 1. The van der Waals surface area contributed by atoms with Gasteiger partial charge in [-0.05, 0) is 19.3 Å². The molecule has 0 aromatic rings. The van der Waals surface area contributed by atoms with Crippen LogP contribution in [-0.2, 0) is 0 Å². The minimum atomic E-state index is 0.644. The summed E-state index contributed by atoms with van der Waals surface area (Å²) in [6.07, 6.45) is 5.81. The maximum Gasteiger partial charge on any atom is 0.00437 e. The van der Waals surface area contributed by atoms with Gasteiger partial charge in [-0.15, -0.1) is 0 Å². The van der Waals surface area contributed by atoms with Crippen LogP contribution in [0.3, 0.4) is 0 Å². The molecule has 0 radical (unpaired) electrons. The van der Waals surface area contributed by atoms with Crippen molar-refractivity contribution in [2.45, 2.75) is 58.5 Å². The summed E-state index contributed by atoms with van der Waals surface area (Å²) < 4.78 is 0. The van der Waals surface area contributed by atoms with E-state index in [2.05, 4.69) is 26.1 Å². The maximum atomic E-state index is 3.54. The topological polar surface area (TPSA) is 12.0 Å². The quantitative estimate of drug-likeness (QED) is 0.658. The fourth-order valence-electron chi connectivity index (χ4n) is 1.87. The average Bonchev–Trinajstić information content (AvgIpc) is 1.77. The largest absolute Gasteiger partial charge is 0.312 e. The van der Waals surface area contributed by atoms with Gasteiger partial charge < -0.3 is 5.32 Å². The van der Waals surface area contributed by atoms with Crippen LogP contribution >= 0.6 is 0 Å². The van der Waals surface area contributed by atoms with E-state index in [0.29, 0.717) is 6.04 Å². The second-order valence-corrected chi connectivity index (χ2v) is 4.26. The van der Waals surface area contributed by atoms with Crippen molar-refractivity contribution in [2.24, 2.45) is 5.92 Å². The van der Waals surface area contributed by atoms with Crippen LogP contribution in [0.4, 0.5) is 0 Å². The molecule has 0 amide bonds. The highest BCUT2D eigenvalue weighted by Crippen LogP contribution is 2.30. The van der Waals surface area contributed by atoms with E-state index >= 15 is 0 Å². The molecule has 1 aliphatic carbocycles. The van der Waals surface area contributed by atoms with Gasteiger partial charge in [0.05, 0.1) is 0 Å². The third-order valence-electron chi connectivity index (χ3n) is 2.53. The first-order chi connectivity index (χ1) is 5.18. The third-order valence-corrected chi connectivity index (χ3v) is 2.53. The fraction of sp³-hybridized carbons (Fsp3) is 1.00. The van der Waals surface area contributed by atoms with Crippen molar-refractivity contribution in [2.75, 3.05) is 0 Å². The van der Waals surface area contributed by atoms with Gasteiger partial charge in [-0.1, -0.05) is 33.1 Å². The predicted octanol–water partition coefficient (Wildman–Crippen LogP) is 2.56. The molecule has 1 saturated carbocycles. The van der Waals surface area contributed by atoms with Gasteiger partial charge in [-0.2, -0.15) is 0 Å². The molecule has 66 valence electrons. The Kier molecular flexibility index (Phi) is 3.38. The zero-order valence-corrected chi connectivity index (χ0v) is 8.06. The van der Waals surface area contributed by atoms with Gasteiger partial charge in [0.25, 0.3) is 0 Å². The van der Waals surface area contributed by atoms with Gasteiger partial charge >= 0.3 is 0 Å². The molecule has 1 rings (SSSR count). The molecule has 1 unspecified atom stereocenters. The molecular weight excluding hydrogens is 134 g/mol. The zero-order chi connectivity index (χ0) is 8.27. The van der Waals surface area contributed by atoms with Crippen molar-refractivity contribution < 1.29 is 0 Å². The number of hydrogen-bond acceptors (Lipinski definition) is 1. The van der Waals surface area contributed by atoms with E-state index in [9.17, 15) is 0 Å². The van der Waals surface area contributed by atoms with E-state index in [1.54, 1.807) is 0 Å². The van der Waals surface area contributed by atoms with Crippen molar-refractivity contribution in [3.63, 3.8) is 0 Å². The maximum absolute atomic E-state index is 3.54. The zero-order valence-electron chi connectivity index (χ0n) is 8.06. The van der Waals surface area contributed by atoms with Crippen molar-refractivity contribution in [3.8, 4) is 0 Å². The Morgan fingerprint density at radius 2 is 1.91 bits per heavy atom. The van der Waals surface area contributed by atoms with Crippen molar-refractivity contribution in [1.29, 1.82) is 0 Å². The van der Waals surface area contributed by atoms with Gasteiger partial charge in [0.15, 0.2) is 0 Å². The van der Waals surface area contributed by atoms with Gasteiger partial charge in [0.2, 0.25) is 0 Å². The normalized spacial score (nSPS) is 21.8. The Morgan fingerprint density at radius 1 is 1.27 bits per heavy atom. The summed E-state index contributed by atoms with van der Waals surface area (Å²) >= 11 is 0. The van der Waals surface area contributed by atoms with Crippen LogP contribution < -0.4 is 5.32 Å². The van der Waals surface area contributed by atoms with Gasteiger partial charge in [-0.25, -0.2) is 0 Å². The summed E-state index contributed by atoms with van der Waals surface area (Å²) in [5.41, 5.74) is 0. The highest BCUT2D eigenvalue weighted by atomic mass is 14.9. The molecule has 0 spiro atoms. The summed E-state index contributed by atoms with van der Waals surface area (Å²) in [5.74, 6) is 1.04. The summed E-state index contributed by atoms with van der Waals surface area (Å²) in [6, 6.07) is 1.37. The minimum absolute atomic E-state index is 0.644. The van der Waals surface area contributed by atoms with Gasteiger partial charge in [-0.3, -0.25) is 0 Å². The standard InChI is InChI=1S/C10H21N/c1-8(2)11-9(3)7-10-5-4-6-10/h8-11H,4-7H2,1-3H3. The molecule has 11 heavy (non-hydrogen) atoms. The first-order valence-corrected chi connectivity index (χ1v) is 4.94. The van der Waals surface area contributed by atoms with Gasteiger partial charge in [0.1, 0.15) is 0 Å². The predicted molar refractivity (Wildman–Crippen MR) is 49.7 cm³/mol. The van der Waals surface area contributed by atoms with E-state index in [1.165, 1.54) is 25.7 Å². The van der Waals surface area contributed by atoms with Crippen LogP contribution in [0.5, 0.6) is 0 Å². The molecule has 1 nitrogen and oxygen atoms in total. The summed E-state index contributed by atoms with van der Waals surface area (Å²) in [4.78, 5) is 0. The van der Waals surface area contributed by atoms with Gasteiger partial charge in [0, 0.05) is 12.1 Å². The second-order valence-electron chi connectivity index (χ2n) is 4.26. The van der Waals surface area contributed by atoms with E-state index in [4.69, 9.17) is 0 Å². The average molecular weight is 155 g/mol. The monoisotopic (exact) mass is 155 g/mol. The van der Waals surface area contributed by atoms with Crippen molar-refractivity contribution in [3.05, 3.63) is 0 Å². The van der Waals surface area contributed by atoms with Crippen LogP contribution in [0.15, 0.2) is 0 Å². The molecule has 0 aliphatic heterocycles. The molecule has 0 aromatic carbocycles. The first kappa shape index (κ1) is 9.05. The van der Waals surface area contributed by atoms with Crippen molar-refractivity contribution >= 4 is 0 Å². The van der Waals surface area contributed by atoms with E-state index in [0.717, 1.165) is 12.0 Å². The van der Waals surface area contributed by atoms with E-state index in [1.807, 2.05) is 0 Å². The Hall–Kier alpha value is -0.0400. The second kappa shape index (κ2) is 4.10. The van der Waals surface area contributed by atoms with Crippen molar-refractivity contribution in [1.82, 2.24) is 5.32 Å². The minimum Gasteiger partial charge on any atom is -0.312 e. The molecule has 0 aromatic heterocycles. The summed E-state index contributed by atoms with van der Waals surface area (Å²) in [7, 11) is 0.